The molecule has 0 aliphatic carbocycles. The molecule has 0 aliphatic heterocycles. The number of halogens is 1. The molecule has 3 nitrogen and oxygen atoms in total. The Kier molecular flexibility index (Phi) is 4.87. The second-order valence-electron chi connectivity index (χ2n) is 3.79. The van der Waals surface area contributed by atoms with E-state index < -0.39 is 0 Å². The van der Waals surface area contributed by atoms with Crippen LogP contribution in [0, 0.1) is 0 Å². The van der Waals surface area contributed by atoms with Gasteiger partial charge in [0.05, 0.1) is 5.69 Å². The van der Waals surface area contributed by atoms with E-state index in [4.69, 9.17) is 0 Å². The van der Waals surface area contributed by atoms with E-state index in [9.17, 15) is 4.79 Å². The zero-order chi connectivity index (χ0) is 13.7. The molecule has 0 aromatic heterocycles. The first kappa shape index (κ1) is 14.0. The lowest BCUT2D eigenvalue weighted by Crippen LogP contribution is -2.19. The first-order chi connectivity index (χ1) is 9.19. The predicted molar refractivity (Wildman–Crippen MR) is 85.0 cm³/mol. The van der Waals surface area contributed by atoms with Gasteiger partial charge in [0.1, 0.15) is 0 Å². The summed E-state index contributed by atoms with van der Waals surface area (Å²) >= 11 is 5.02. The predicted octanol–water partition coefficient (Wildman–Crippen LogP) is 4.82. The van der Waals surface area contributed by atoms with Crippen LogP contribution in [0.5, 0.6) is 0 Å². The molecule has 0 saturated heterocycles. The maximum Gasteiger partial charge on any atom is 0.323 e. The van der Waals surface area contributed by atoms with Crippen molar-refractivity contribution in [3.63, 3.8) is 0 Å². The summed E-state index contributed by atoms with van der Waals surface area (Å²) < 4.78 is 0.850. The van der Waals surface area contributed by atoms with Crippen molar-refractivity contribution >= 4 is 45.1 Å². The van der Waals surface area contributed by atoms with Crippen molar-refractivity contribution in [3.05, 3.63) is 53.0 Å². The van der Waals surface area contributed by atoms with Crippen molar-refractivity contribution in [2.75, 3.05) is 16.9 Å². The first-order valence-electron chi connectivity index (χ1n) is 5.65. The van der Waals surface area contributed by atoms with Crippen molar-refractivity contribution in [2.45, 2.75) is 4.90 Å². The number of benzene rings is 2. The van der Waals surface area contributed by atoms with Gasteiger partial charge in [-0.3, -0.25) is 0 Å². The number of carbonyl (C=O) groups is 1. The number of hydrogen-bond acceptors (Lipinski definition) is 2. The molecule has 19 heavy (non-hydrogen) atoms. The number of amides is 2. The van der Waals surface area contributed by atoms with Gasteiger partial charge in [0.25, 0.3) is 0 Å². The van der Waals surface area contributed by atoms with Crippen molar-refractivity contribution in [1.82, 2.24) is 0 Å². The molecule has 2 aromatic carbocycles. The van der Waals surface area contributed by atoms with Gasteiger partial charge in [0.2, 0.25) is 0 Å². The molecular formula is C14H13BrN2OS. The fourth-order valence-electron chi connectivity index (χ4n) is 1.55. The maximum absolute atomic E-state index is 11.9. The molecule has 5 heteroatoms. The van der Waals surface area contributed by atoms with E-state index in [2.05, 4.69) is 26.6 Å². The van der Waals surface area contributed by atoms with Gasteiger partial charge in [-0.25, -0.2) is 4.79 Å². The van der Waals surface area contributed by atoms with Gasteiger partial charge >= 0.3 is 6.03 Å². The highest BCUT2D eigenvalue weighted by Gasteiger charge is 2.05. The third-order valence-electron chi connectivity index (χ3n) is 2.45. The minimum absolute atomic E-state index is 0.259. The molecule has 2 aromatic rings. The minimum Gasteiger partial charge on any atom is -0.308 e. The largest absolute Gasteiger partial charge is 0.323 e. The molecule has 0 saturated carbocycles. The highest BCUT2D eigenvalue weighted by molar-refractivity contribution is 9.10. The Morgan fingerprint density at radius 2 is 1.89 bits per heavy atom. The lowest BCUT2D eigenvalue weighted by molar-refractivity contribution is 0.262. The fraction of sp³-hybridized carbons (Fsp3) is 0.0714. The lowest BCUT2D eigenvalue weighted by Gasteiger charge is -2.09. The number of anilines is 2. The monoisotopic (exact) mass is 336 g/mol. The van der Waals surface area contributed by atoms with Crippen LogP contribution >= 0.6 is 27.7 Å². The van der Waals surface area contributed by atoms with Gasteiger partial charge in [-0.05, 0) is 52.5 Å². The molecular weight excluding hydrogens is 324 g/mol. The lowest BCUT2D eigenvalue weighted by atomic mass is 10.3. The number of carbonyl (C=O) groups excluding carboxylic acids is 1. The maximum atomic E-state index is 11.9. The minimum atomic E-state index is -0.259. The summed E-state index contributed by atoms with van der Waals surface area (Å²) in [7, 11) is 0. The van der Waals surface area contributed by atoms with E-state index in [1.807, 2.05) is 54.8 Å². The summed E-state index contributed by atoms with van der Waals surface area (Å²) in [4.78, 5) is 13.0. The summed E-state index contributed by atoms with van der Waals surface area (Å²) in [6.07, 6.45) is 2.00. The summed E-state index contributed by atoms with van der Waals surface area (Å²) in [5.74, 6) is 0. The highest BCUT2D eigenvalue weighted by Crippen LogP contribution is 2.22. The van der Waals surface area contributed by atoms with Crippen molar-refractivity contribution in [1.29, 1.82) is 0 Å². The topological polar surface area (TPSA) is 41.1 Å². The Labute approximate surface area is 124 Å². The van der Waals surface area contributed by atoms with E-state index >= 15 is 0 Å². The Morgan fingerprint density at radius 1 is 1.11 bits per heavy atom. The van der Waals surface area contributed by atoms with Crippen LogP contribution in [0.2, 0.25) is 0 Å². The van der Waals surface area contributed by atoms with Crippen LogP contribution in [-0.2, 0) is 0 Å². The van der Waals surface area contributed by atoms with Gasteiger partial charge in [-0.2, -0.15) is 0 Å². The van der Waals surface area contributed by atoms with E-state index in [-0.39, 0.29) is 6.03 Å². The van der Waals surface area contributed by atoms with Gasteiger partial charge in [-0.1, -0.05) is 18.2 Å². The van der Waals surface area contributed by atoms with E-state index in [0.29, 0.717) is 0 Å². The number of para-hydroxylation sites is 1. The first-order valence-corrected chi connectivity index (χ1v) is 7.67. The Bertz CT molecular complexity index is 589. The molecule has 0 heterocycles. The SMILES string of the molecule is CSc1cccc(NC(=O)Nc2ccccc2Br)c1. The Balaban J connectivity index is 2.03. The highest BCUT2D eigenvalue weighted by atomic mass is 79.9. The summed E-state index contributed by atoms with van der Waals surface area (Å²) in [5, 5.41) is 5.60. The van der Waals surface area contributed by atoms with Crippen LogP contribution in [0.25, 0.3) is 0 Å². The number of hydrogen-bond donors (Lipinski definition) is 2. The summed E-state index contributed by atoms with van der Waals surface area (Å²) in [5.41, 5.74) is 1.51. The molecule has 0 aliphatic rings. The van der Waals surface area contributed by atoms with Gasteiger partial charge in [0.15, 0.2) is 0 Å². The van der Waals surface area contributed by atoms with E-state index in [1.165, 1.54) is 0 Å². The average molecular weight is 337 g/mol. The summed E-state index contributed by atoms with van der Waals surface area (Å²) in [6.45, 7) is 0. The van der Waals surface area contributed by atoms with Crippen LogP contribution in [0.1, 0.15) is 0 Å². The number of nitrogens with one attached hydrogen (secondary N) is 2. The van der Waals surface area contributed by atoms with Crippen molar-refractivity contribution in [3.8, 4) is 0 Å². The Hall–Kier alpha value is -1.46. The summed E-state index contributed by atoms with van der Waals surface area (Å²) in [6, 6.07) is 14.9. The molecule has 98 valence electrons. The van der Waals surface area contributed by atoms with Crippen LogP contribution in [0.4, 0.5) is 16.2 Å². The number of rotatable bonds is 3. The zero-order valence-corrected chi connectivity index (χ0v) is 12.7. The van der Waals surface area contributed by atoms with Crippen LogP contribution in [-0.4, -0.2) is 12.3 Å². The molecule has 0 bridgehead atoms. The molecule has 0 fully saturated rings. The van der Waals surface area contributed by atoms with Crippen molar-refractivity contribution < 1.29 is 4.79 Å². The third-order valence-corrected chi connectivity index (χ3v) is 3.87. The molecule has 0 spiro atoms. The van der Waals surface area contributed by atoms with Crippen LogP contribution in [0.15, 0.2) is 57.9 Å². The van der Waals surface area contributed by atoms with Gasteiger partial charge in [0, 0.05) is 15.1 Å². The standard InChI is InChI=1S/C14H13BrN2OS/c1-19-11-6-4-5-10(9-11)16-14(18)17-13-8-3-2-7-12(13)15/h2-9H,1H3,(H2,16,17,18). The second kappa shape index (κ2) is 6.63. The zero-order valence-electron chi connectivity index (χ0n) is 10.3. The van der Waals surface area contributed by atoms with E-state index in [1.54, 1.807) is 11.8 Å². The second-order valence-corrected chi connectivity index (χ2v) is 5.52. The molecule has 2 N–H and O–H groups in total. The molecule has 2 rings (SSSR count). The number of thioether (sulfide) groups is 1. The number of urea groups is 1. The third kappa shape index (κ3) is 4.01. The average Bonchev–Trinajstić information content (AvgIpc) is 2.41. The molecule has 0 unspecified atom stereocenters. The molecule has 2 amide bonds. The van der Waals surface area contributed by atoms with Gasteiger partial charge < -0.3 is 10.6 Å². The van der Waals surface area contributed by atoms with Gasteiger partial charge in [-0.15, -0.1) is 11.8 Å². The van der Waals surface area contributed by atoms with Crippen molar-refractivity contribution in [2.24, 2.45) is 0 Å². The normalized spacial score (nSPS) is 10.0. The molecule has 0 atom stereocenters. The fourth-order valence-corrected chi connectivity index (χ4v) is 2.39. The quantitative estimate of drug-likeness (QED) is 0.789. The molecule has 0 radical (unpaired) electrons. The van der Waals surface area contributed by atoms with Crippen LogP contribution < -0.4 is 10.6 Å². The van der Waals surface area contributed by atoms with Crippen LogP contribution in [0.3, 0.4) is 0 Å². The smallest absolute Gasteiger partial charge is 0.308 e. The van der Waals surface area contributed by atoms with E-state index in [0.717, 1.165) is 20.7 Å². The Morgan fingerprint density at radius 3 is 2.63 bits per heavy atom.